The smallest absolute Gasteiger partial charge is 0.0902 e. The Balaban J connectivity index is 2.30. The van der Waals surface area contributed by atoms with Gasteiger partial charge in [-0.15, -0.1) is 0 Å². The van der Waals surface area contributed by atoms with Crippen LogP contribution in [0.1, 0.15) is 46.0 Å². The Morgan fingerprint density at radius 3 is 2.28 bits per heavy atom. The summed E-state index contributed by atoms with van der Waals surface area (Å²) in [5, 5.41) is 0. The number of piperazine rings is 1. The van der Waals surface area contributed by atoms with Crippen molar-refractivity contribution < 1.29 is 0 Å². The fraction of sp³-hybridized carbons (Fsp3) is 0.929. The maximum absolute atomic E-state index is 5.86. The van der Waals surface area contributed by atoms with Gasteiger partial charge in [0.25, 0.3) is 0 Å². The fourth-order valence-corrected chi connectivity index (χ4v) is 2.93. The van der Waals surface area contributed by atoms with Gasteiger partial charge in [0.05, 0.1) is 11.0 Å². The van der Waals surface area contributed by atoms with E-state index in [2.05, 4.69) is 23.6 Å². The lowest BCUT2D eigenvalue weighted by Crippen LogP contribution is -2.53. The van der Waals surface area contributed by atoms with Crippen LogP contribution in [0.2, 0.25) is 0 Å². The molecule has 1 aliphatic heterocycles. The number of rotatable bonds is 8. The van der Waals surface area contributed by atoms with E-state index in [-0.39, 0.29) is 0 Å². The van der Waals surface area contributed by atoms with Gasteiger partial charge in [-0.25, -0.2) is 0 Å². The molecular formula is C14H29N3S. The standard InChI is InChI=1S/C14H29N3S/c1-3-5-6-8-16-9-11-17(12-10-16)13(7-4-2)14(15)18/h13H,3-12H2,1-2H3,(H2,15,18). The topological polar surface area (TPSA) is 32.5 Å². The van der Waals surface area contributed by atoms with Crippen molar-refractivity contribution in [2.45, 2.75) is 52.0 Å². The van der Waals surface area contributed by atoms with Crippen molar-refractivity contribution in [1.82, 2.24) is 9.80 Å². The first-order valence-corrected chi connectivity index (χ1v) is 7.85. The fourth-order valence-electron chi connectivity index (χ4n) is 2.66. The van der Waals surface area contributed by atoms with Gasteiger partial charge < -0.3 is 10.6 Å². The summed E-state index contributed by atoms with van der Waals surface area (Å²) >= 11 is 5.20. The molecule has 0 aromatic carbocycles. The van der Waals surface area contributed by atoms with Crippen LogP contribution in [0.25, 0.3) is 0 Å². The lowest BCUT2D eigenvalue weighted by molar-refractivity contribution is 0.113. The van der Waals surface area contributed by atoms with Crippen molar-refractivity contribution in [2.24, 2.45) is 5.73 Å². The average Bonchev–Trinajstić information content (AvgIpc) is 2.37. The second-order valence-corrected chi connectivity index (χ2v) is 5.76. The molecule has 1 saturated heterocycles. The first kappa shape index (κ1) is 15.9. The van der Waals surface area contributed by atoms with Crippen LogP contribution < -0.4 is 5.73 Å². The molecule has 0 radical (unpaired) electrons. The van der Waals surface area contributed by atoms with Gasteiger partial charge in [0, 0.05) is 26.2 Å². The van der Waals surface area contributed by atoms with Crippen molar-refractivity contribution in [3.05, 3.63) is 0 Å². The van der Waals surface area contributed by atoms with Gasteiger partial charge in [-0.1, -0.05) is 45.3 Å². The Labute approximate surface area is 118 Å². The lowest BCUT2D eigenvalue weighted by atomic mass is 10.1. The normalized spacial score (nSPS) is 19.9. The summed E-state index contributed by atoms with van der Waals surface area (Å²) in [6, 6.07) is 0.322. The summed E-state index contributed by atoms with van der Waals surface area (Å²) in [7, 11) is 0. The highest BCUT2D eigenvalue weighted by Crippen LogP contribution is 2.12. The lowest BCUT2D eigenvalue weighted by Gasteiger charge is -2.39. The SMILES string of the molecule is CCCCCN1CCN(C(CCC)C(N)=S)CC1. The summed E-state index contributed by atoms with van der Waals surface area (Å²) < 4.78 is 0. The van der Waals surface area contributed by atoms with Gasteiger partial charge in [0.2, 0.25) is 0 Å². The molecule has 18 heavy (non-hydrogen) atoms. The molecule has 0 aliphatic carbocycles. The van der Waals surface area contributed by atoms with Gasteiger partial charge in [0.15, 0.2) is 0 Å². The van der Waals surface area contributed by atoms with Crippen LogP contribution in [0.3, 0.4) is 0 Å². The first-order chi connectivity index (χ1) is 8.69. The van der Waals surface area contributed by atoms with Crippen molar-refractivity contribution >= 4 is 17.2 Å². The second-order valence-electron chi connectivity index (χ2n) is 5.29. The first-order valence-electron chi connectivity index (χ1n) is 7.44. The molecule has 0 amide bonds. The van der Waals surface area contributed by atoms with Crippen LogP contribution in [0.4, 0.5) is 0 Å². The van der Waals surface area contributed by atoms with E-state index in [0.717, 1.165) is 25.9 Å². The van der Waals surface area contributed by atoms with Crippen molar-refractivity contribution in [1.29, 1.82) is 0 Å². The van der Waals surface area contributed by atoms with Gasteiger partial charge in [-0.05, 0) is 19.4 Å². The number of hydrogen-bond donors (Lipinski definition) is 1. The second kappa shape index (κ2) is 8.83. The van der Waals surface area contributed by atoms with E-state index < -0.39 is 0 Å². The molecule has 0 spiro atoms. The molecular weight excluding hydrogens is 242 g/mol. The summed E-state index contributed by atoms with van der Waals surface area (Å²) in [6.07, 6.45) is 6.25. The molecule has 0 bridgehead atoms. The van der Waals surface area contributed by atoms with Crippen molar-refractivity contribution in [3.8, 4) is 0 Å². The van der Waals surface area contributed by atoms with E-state index in [4.69, 9.17) is 18.0 Å². The molecule has 1 atom stereocenters. The Morgan fingerprint density at radius 1 is 1.11 bits per heavy atom. The van der Waals surface area contributed by atoms with Crippen molar-refractivity contribution in [3.63, 3.8) is 0 Å². The minimum Gasteiger partial charge on any atom is -0.392 e. The summed E-state index contributed by atoms with van der Waals surface area (Å²) in [4.78, 5) is 5.73. The molecule has 1 heterocycles. The van der Waals surface area contributed by atoms with Gasteiger partial charge >= 0.3 is 0 Å². The summed E-state index contributed by atoms with van der Waals surface area (Å²) in [6.45, 7) is 10.3. The highest BCUT2D eigenvalue weighted by atomic mass is 32.1. The molecule has 1 fully saturated rings. The van der Waals surface area contributed by atoms with E-state index in [1.807, 2.05) is 0 Å². The Morgan fingerprint density at radius 2 is 1.78 bits per heavy atom. The highest BCUT2D eigenvalue weighted by Gasteiger charge is 2.24. The summed E-state index contributed by atoms with van der Waals surface area (Å²) in [5.74, 6) is 0. The third-order valence-electron chi connectivity index (χ3n) is 3.82. The van der Waals surface area contributed by atoms with Gasteiger partial charge in [-0.2, -0.15) is 0 Å². The number of thiocarbonyl (C=S) groups is 1. The minimum absolute atomic E-state index is 0.322. The molecule has 0 aromatic heterocycles. The number of hydrogen-bond acceptors (Lipinski definition) is 3. The zero-order valence-electron chi connectivity index (χ0n) is 12.0. The maximum atomic E-state index is 5.86. The predicted molar refractivity (Wildman–Crippen MR) is 83.0 cm³/mol. The van der Waals surface area contributed by atoms with Crippen LogP contribution in [-0.2, 0) is 0 Å². The van der Waals surface area contributed by atoms with Gasteiger partial charge in [-0.3, -0.25) is 4.90 Å². The van der Waals surface area contributed by atoms with Gasteiger partial charge in [0.1, 0.15) is 0 Å². The number of unbranched alkanes of at least 4 members (excludes halogenated alkanes) is 2. The van der Waals surface area contributed by atoms with Crippen LogP contribution in [0.15, 0.2) is 0 Å². The minimum atomic E-state index is 0.322. The molecule has 3 nitrogen and oxygen atoms in total. The molecule has 0 saturated carbocycles. The largest absolute Gasteiger partial charge is 0.392 e. The third-order valence-corrected chi connectivity index (χ3v) is 4.09. The molecule has 1 aliphatic rings. The Bertz CT molecular complexity index is 237. The Kier molecular flexibility index (Phi) is 7.79. The molecule has 4 heteroatoms. The van der Waals surface area contributed by atoms with E-state index in [0.29, 0.717) is 11.0 Å². The Hall–Kier alpha value is -0.190. The highest BCUT2D eigenvalue weighted by molar-refractivity contribution is 7.80. The van der Waals surface area contributed by atoms with Crippen molar-refractivity contribution in [2.75, 3.05) is 32.7 Å². The van der Waals surface area contributed by atoms with E-state index >= 15 is 0 Å². The monoisotopic (exact) mass is 271 g/mol. The number of nitrogens with two attached hydrogens (primary N) is 1. The van der Waals surface area contributed by atoms with E-state index in [1.165, 1.54) is 38.9 Å². The van der Waals surface area contributed by atoms with E-state index in [1.54, 1.807) is 0 Å². The molecule has 1 rings (SSSR count). The zero-order valence-corrected chi connectivity index (χ0v) is 12.8. The quantitative estimate of drug-likeness (QED) is 0.542. The predicted octanol–water partition coefficient (Wildman–Crippen LogP) is 2.25. The molecule has 1 unspecified atom stereocenters. The molecule has 106 valence electrons. The third kappa shape index (κ3) is 5.21. The average molecular weight is 271 g/mol. The van der Waals surface area contributed by atoms with Crippen LogP contribution in [-0.4, -0.2) is 53.6 Å². The summed E-state index contributed by atoms with van der Waals surface area (Å²) in [5.41, 5.74) is 5.86. The molecule has 0 aromatic rings. The van der Waals surface area contributed by atoms with Crippen LogP contribution in [0, 0.1) is 0 Å². The molecule has 2 N–H and O–H groups in total. The van der Waals surface area contributed by atoms with E-state index in [9.17, 15) is 0 Å². The zero-order chi connectivity index (χ0) is 13.4. The number of nitrogens with zero attached hydrogens (tertiary/aromatic N) is 2. The maximum Gasteiger partial charge on any atom is 0.0902 e. The van der Waals surface area contributed by atoms with Crippen LogP contribution >= 0.6 is 12.2 Å². The van der Waals surface area contributed by atoms with Crippen LogP contribution in [0.5, 0.6) is 0 Å².